The Kier molecular flexibility index (Phi) is 2.66. The predicted molar refractivity (Wildman–Crippen MR) is 47.1 cm³/mol. The summed E-state index contributed by atoms with van der Waals surface area (Å²) in [5, 5.41) is 0. The SMILES string of the molecule is COc1ncc(NS(C)(=O)=O)cn1. The van der Waals surface area contributed by atoms with Gasteiger partial charge in [0.2, 0.25) is 10.0 Å². The highest BCUT2D eigenvalue weighted by molar-refractivity contribution is 7.92. The molecule has 0 bridgehead atoms. The molecular weight excluding hydrogens is 194 g/mol. The van der Waals surface area contributed by atoms with Gasteiger partial charge in [0, 0.05) is 0 Å². The molecule has 1 heterocycles. The zero-order chi connectivity index (χ0) is 9.90. The molecule has 0 amide bonds. The first-order valence-corrected chi connectivity index (χ1v) is 5.24. The van der Waals surface area contributed by atoms with Gasteiger partial charge in [0.05, 0.1) is 31.4 Å². The zero-order valence-electron chi connectivity index (χ0n) is 7.18. The van der Waals surface area contributed by atoms with Gasteiger partial charge in [0.1, 0.15) is 0 Å². The van der Waals surface area contributed by atoms with Gasteiger partial charge in [-0.2, -0.15) is 0 Å². The third kappa shape index (κ3) is 3.24. The Hall–Kier alpha value is -1.37. The van der Waals surface area contributed by atoms with Crippen LogP contribution in [0, 0.1) is 0 Å². The quantitative estimate of drug-likeness (QED) is 0.739. The lowest BCUT2D eigenvalue weighted by Gasteiger charge is -2.02. The molecule has 0 unspecified atom stereocenters. The number of hydrogen-bond acceptors (Lipinski definition) is 5. The summed E-state index contributed by atoms with van der Waals surface area (Å²) in [4.78, 5) is 7.44. The maximum absolute atomic E-state index is 10.8. The smallest absolute Gasteiger partial charge is 0.316 e. The van der Waals surface area contributed by atoms with E-state index in [0.717, 1.165) is 6.26 Å². The first kappa shape index (κ1) is 9.72. The topological polar surface area (TPSA) is 81.2 Å². The van der Waals surface area contributed by atoms with Crippen LogP contribution in [0.4, 0.5) is 5.69 Å². The third-order valence-electron chi connectivity index (χ3n) is 1.11. The number of anilines is 1. The van der Waals surface area contributed by atoms with Gasteiger partial charge in [-0.15, -0.1) is 0 Å². The number of nitrogens with zero attached hydrogens (tertiary/aromatic N) is 2. The minimum absolute atomic E-state index is 0.194. The van der Waals surface area contributed by atoms with Crippen LogP contribution in [0.25, 0.3) is 0 Å². The molecule has 0 saturated heterocycles. The molecule has 1 aromatic rings. The Morgan fingerprint density at radius 1 is 1.38 bits per heavy atom. The lowest BCUT2D eigenvalue weighted by Crippen LogP contribution is -2.10. The number of aromatic nitrogens is 2. The van der Waals surface area contributed by atoms with Gasteiger partial charge in [-0.1, -0.05) is 0 Å². The molecule has 0 aliphatic rings. The average molecular weight is 203 g/mol. The van der Waals surface area contributed by atoms with Crippen LogP contribution >= 0.6 is 0 Å². The standard InChI is InChI=1S/C6H9N3O3S/c1-12-6-7-3-5(4-8-6)9-13(2,10)11/h3-4,9H,1-2H3. The van der Waals surface area contributed by atoms with Crippen LogP contribution in [-0.4, -0.2) is 31.8 Å². The molecular formula is C6H9N3O3S. The van der Waals surface area contributed by atoms with Crippen molar-refractivity contribution in [2.75, 3.05) is 18.1 Å². The molecule has 0 radical (unpaired) electrons. The Morgan fingerprint density at radius 3 is 2.31 bits per heavy atom. The highest BCUT2D eigenvalue weighted by Gasteiger charge is 2.02. The van der Waals surface area contributed by atoms with Crippen molar-refractivity contribution < 1.29 is 13.2 Å². The minimum Gasteiger partial charge on any atom is -0.467 e. The van der Waals surface area contributed by atoms with E-state index in [1.807, 2.05) is 0 Å². The van der Waals surface area contributed by atoms with Gasteiger partial charge < -0.3 is 4.74 Å². The molecule has 7 heteroatoms. The van der Waals surface area contributed by atoms with Crippen molar-refractivity contribution in [2.24, 2.45) is 0 Å². The molecule has 0 aromatic carbocycles. The van der Waals surface area contributed by atoms with Crippen molar-refractivity contribution in [3.63, 3.8) is 0 Å². The molecule has 0 fully saturated rings. The number of hydrogen-bond donors (Lipinski definition) is 1. The normalized spacial score (nSPS) is 10.9. The Bertz CT molecular complexity index is 373. The van der Waals surface area contributed by atoms with Gasteiger partial charge in [0.15, 0.2) is 0 Å². The molecule has 72 valence electrons. The molecule has 0 aliphatic heterocycles. The highest BCUT2D eigenvalue weighted by Crippen LogP contribution is 2.07. The summed E-state index contributed by atoms with van der Waals surface area (Å²) in [6.45, 7) is 0. The monoisotopic (exact) mass is 203 g/mol. The second-order valence-corrected chi connectivity index (χ2v) is 4.08. The molecule has 1 aromatic heterocycles. The minimum atomic E-state index is -3.27. The van der Waals surface area contributed by atoms with E-state index in [0.29, 0.717) is 5.69 Å². The largest absolute Gasteiger partial charge is 0.467 e. The molecule has 0 aliphatic carbocycles. The number of sulfonamides is 1. The van der Waals surface area contributed by atoms with Crippen molar-refractivity contribution in [1.82, 2.24) is 9.97 Å². The Balaban J connectivity index is 2.81. The van der Waals surface area contributed by atoms with E-state index in [2.05, 4.69) is 14.7 Å². The molecule has 6 nitrogen and oxygen atoms in total. The fourth-order valence-corrected chi connectivity index (χ4v) is 1.22. The fraction of sp³-hybridized carbons (Fsp3) is 0.333. The average Bonchev–Trinajstić information content (AvgIpc) is 2.03. The maximum atomic E-state index is 10.8. The van der Waals surface area contributed by atoms with Gasteiger partial charge in [-0.3, -0.25) is 4.72 Å². The maximum Gasteiger partial charge on any atom is 0.316 e. The number of methoxy groups -OCH3 is 1. The number of rotatable bonds is 3. The van der Waals surface area contributed by atoms with E-state index >= 15 is 0 Å². The predicted octanol–water partition coefficient (Wildman–Crippen LogP) is -0.143. The van der Waals surface area contributed by atoms with Crippen molar-refractivity contribution >= 4 is 15.7 Å². The van der Waals surface area contributed by atoms with Crippen LogP contribution < -0.4 is 9.46 Å². The fourth-order valence-electron chi connectivity index (χ4n) is 0.688. The molecule has 1 N–H and O–H groups in total. The Labute approximate surface area is 76.0 Å². The summed E-state index contributed by atoms with van der Waals surface area (Å²) in [6, 6.07) is 0.194. The van der Waals surface area contributed by atoms with Crippen LogP contribution in [0.5, 0.6) is 6.01 Å². The van der Waals surface area contributed by atoms with Crippen molar-refractivity contribution in [2.45, 2.75) is 0 Å². The van der Waals surface area contributed by atoms with Crippen LogP contribution in [0.1, 0.15) is 0 Å². The summed E-state index contributed by atoms with van der Waals surface area (Å²) in [6.07, 6.45) is 3.71. The first-order valence-electron chi connectivity index (χ1n) is 3.35. The van der Waals surface area contributed by atoms with Crippen LogP contribution in [0.2, 0.25) is 0 Å². The van der Waals surface area contributed by atoms with Gasteiger partial charge in [0.25, 0.3) is 0 Å². The van der Waals surface area contributed by atoms with Crippen molar-refractivity contribution in [3.05, 3.63) is 12.4 Å². The first-order chi connectivity index (χ1) is 6.01. The van der Waals surface area contributed by atoms with E-state index in [1.165, 1.54) is 19.5 Å². The van der Waals surface area contributed by atoms with E-state index in [1.54, 1.807) is 0 Å². The van der Waals surface area contributed by atoms with Gasteiger partial charge in [-0.05, 0) is 0 Å². The third-order valence-corrected chi connectivity index (χ3v) is 1.72. The summed E-state index contributed by atoms with van der Waals surface area (Å²) in [5.41, 5.74) is 0.309. The highest BCUT2D eigenvalue weighted by atomic mass is 32.2. The molecule has 0 spiro atoms. The van der Waals surface area contributed by atoms with E-state index in [9.17, 15) is 8.42 Å². The van der Waals surface area contributed by atoms with E-state index < -0.39 is 10.0 Å². The molecule has 1 rings (SSSR count). The lowest BCUT2D eigenvalue weighted by atomic mass is 10.6. The summed E-state index contributed by atoms with van der Waals surface area (Å²) >= 11 is 0. The van der Waals surface area contributed by atoms with Gasteiger partial charge >= 0.3 is 6.01 Å². The van der Waals surface area contributed by atoms with E-state index in [4.69, 9.17) is 4.74 Å². The number of nitrogens with one attached hydrogen (secondary N) is 1. The van der Waals surface area contributed by atoms with E-state index in [-0.39, 0.29) is 6.01 Å². The summed E-state index contributed by atoms with van der Waals surface area (Å²) < 4.78 is 28.4. The van der Waals surface area contributed by atoms with Crippen molar-refractivity contribution in [1.29, 1.82) is 0 Å². The van der Waals surface area contributed by atoms with Crippen LogP contribution in [0.3, 0.4) is 0 Å². The Morgan fingerprint density at radius 2 is 1.92 bits per heavy atom. The lowest BCUT2D eigenvalue weighted by molar-refractivity contribution is 0.380. The molecule has 13 heavy (non-hydrogen) atoms. The molecule has 0 atom stereocenters. The zero-order valence-corrected chi connectivity index (χ0v) is 8.00. The molecule has 0 saturated carbocycles. The second-order valence-electron chi connectivity index (χ2n) is 2.33. The number of ether oxygens (including phenoxy) is 1. The summed E-state index contributed by atoms with van der Waals surface area (Å²) in [5.74, 6) is 0. The second kappa shape index (κ2) is 3.56. The summed E-state index contributed by atoms with van der Waals surface area (Å²) in [7, 11) is -1.84. The van der Waals surface area contributed by atoms with Crippen LogP contribution in [-0.2, 0) is 10.0 Å². The van der Waals surface area contributed by atoms with Crippen LogP contribution in [0.15, 0.2) is 12.4 Å². The van der Waals surface area contributed by atoms with Gasteiger partial charge in [-0.25, -0.2) is 18.4 Å². The van der Waals surface area contributed by atoms with Crippen molar-refractivity contribution in [3.8, 4) is 6.01 Å².